The van der Waals surface area contributed by atoms with Crippen LogP contribution in [0.4, 0.5) is 0 Å². The van der Waals surface area contributed by atoms with Gasteiger partial charge in [-0.15, -0.1) is 0 Å². The van der Waals surface area contributed by atoms with E-state index in [1.165, 1.54) is 0 Å². The number of ether oxygens (including phenoxy) is 3. The van der Waals surface area contributed by atoms with Crippen LogP contribution in [0, 0.1) is 5.92 Å². The smallest absolute Gasteiger partial charge is 0.255 e. The number of fused-ring (bicyclic) bond motifs is 1. The van der Waals surface area contributed by atoms with Gasteiger partial charge in [-0.2, -0.15) is 0 Å². The first-order valence-corrected chi connectivity index (χ1v) is 6.60. The van der Waals surface area contributed by atoms with Gasteiger partial charge in [0.1, 0.15) is 5.75 Å². The molecule has 1 aromatic carbocycles. The molecule has 0 saturated carbocycles. The van der Waals surface area contributed by atoms with Gasteiger partial charge in [-0.25, -0.2) is 0 Å². The highest BCUT2D eigenvalue weighted by atomic mass is 16.7. The van der Waals surface area contributed by atoms with Crippen molar-refractivity contribution in [2.24, 2.45) is 11.7 Å². The third kappa shape index (κ3) is 3.77. The van der Waals surface area contributed by atoms with Crippen molar-refractivity contribution < 1.29 is 19.0 Å². The highest BCUT2D eigenvalue weighted by molar-refractivity contribution is 5.75. The lowest BCUT2D eigenvalue weighted by Crippen LogP contribution is -2.22. The quantitative estimate of drug-likeness (QED) is 0.779. The Hall–Kier alpha value is -1.95. The molecule has 0 saturated heterocycles. The monoisotopic (exact) mass is 280 g/mol. The van der Waals surface area contributed by atoms with E-state index in [2.05, 4.69) is 19.2 Å². The summed E-state index contributed by atoms with van der Waals surface area (Å²) >= 11 is 0. The summed E-state index contributed by atoms with van der Waals surface area (Å²) in [5, 5.41) is 3.33. The zero-order valence-corrected chi connectivity index (χ0v) is 11.8. The molecule has 0 spiro atoms. The Morgan fingerprint density at radius 1 is 1.40 bits per heavy atom. The molecule has 0 aromatic heterocycles. The number of primary amides is 1. The lowest BCUT2D eigenvalue weighted by atomic mass is 10.1. The van der Waals surface area contributed by atoms with Crippen molar-refractivity contribution in [3.8, 4) is 17.2 Å². The van der Waals surface area contributed by atoms with E-state index in [4.69, 9.17) is 19.9 Å². The summed E-state index contributed by atoms with van der Waals surface area (Å²) in [7, 11) is 0. The number of nitrogens with two attached hydrogens (primary N) is 1. The topological polar surface area (TPSA) is 82.8 Å². The second kappa shape index (κ2) is 6.47. The van der Waals surface area contributed by atoms with Gasteiger partial charge in [0.05, 0.1) is 0 Å². The number of carbonyl (C=O) groups is 1. The summed E-state index contributed by atoms with van der Waals surface area (Å²) < 4.78 is 16.1. The molecular formula is C14H20N2O4. The zero-order valence-electron chi connectivity index (χ0n) is 11.8. The average molecular weight is 280 g/mol. The van der Waals surface area contributed by atoms with Crippen LogP contribution in [-0.2, 0) is 11.3 Å². The number of rotatable bonds is 7. The number of nitrogens with one attached hydrogen (secondary N) is 1. The van der Waals surface area contributed by atoms with Crippen LogP contribution in [0.2, 0.25) is 0 Å². The van der Waals surface area contributed by atoms with Gasteiger partial charge in [0.2, 0.25) is 6.79 Å². The minimum absolute atomic E-state index is 0.156. The highest BCUT2D eigenvalue weighted by Crippen LogP contribution is 2.38. The van der Waals surface area contributed by atoms with Crippen molar-refractivity contribution in [1.29, 1.82) is 0 Å². The van der Waals surface area contributed by atoms with Crippen LogP contribution in [0.5, 0.6) is 17.2 Å². The molecule has 0 aliphatic carbocycles. The summed E-state index contributed by atoms with van der Waals surface area (Å²) in [4.78, 5) is 10.8. The molecule has 1 aliphatic heterocycles. The zero-order chi connectivity index (χ0) is 14.5. The first-order chi connectivity index (χ1) is 9.56. The van der Waals surface area contributed by atoms with Gasteiger partial charge >= 0.3 is 0 Å². The molecule has 110 valence electrons. The van der Waals surface area contributed by atoms with Crippen LogP contribution in [0.15, 0.2) is 12.1 Å². The van der Waals surface area contributed by atoms with Crippen LogP contribution in [0.3, 0.4) is 0 Å². The molecule has 1 aliphatic rings. The summed E-state index contributed by atoms with van der Waals surface area (Å²) in [6.45, 7) is 5.84. The van der Waals surface area contributed by atoms with Crippen molar-refractivity contribution in [3.05, 3.63) is 17.7 Å². The third-order valence-electron chi connectivity index (χ3n) is 2.79. The summed E-state index contributed by atoms with van der Waals surface area (Å²) in [5.74, 6) is 1.95. The highest BCUT2D eigenvalue weighted by Gasteiger charge is 2.18. The van der Waals surface area contributed by atoms with Gasteiger partial charge in [-0.3, -0.25) is 4.79 Å². The molecule has 0 fully saturated rings. The Bertz CT molecular complexity index is 488. The molecule has 2 rings (SSSR count). The van der Waals surface area contributed by atoms with Crippen LogP contribution >= 0.6 is 0 Å². The van der Waals surface area contributed by atoms with Gasteiger partial charge in [0.15, 0.2) is 18.1 Å². The molecule has 0 atom stereocenters. The summed E-state index contributed by atoms with van der Waals surface area (Å²) in [6, 6.07) is 3.60. The molecule has 0 unspecified atom stereocenters. The molecule has 3 N–H and O–H groups in total. The largest absolute Gasteiger partial charge is 0.483 e. The maximum absolute atomic E-state index is 10.8. The van der Waals surface area contributed by atoms with Crippen LogP contribution in [0.25, 0.3) is 0 Å². The van der Waals surface area contributed by atoms with Crippen molar-refractivity contribution in [1.82, 2.24) is 5.32 Å². The maximum atomic E-state index is 10.8. The van der Waals surface area contributed by atoms with Gasteiger partial charge < -0.3 is 25.3 Å². The number of hydrogen-bond acceptors (Lipinski definition) is 5. The average Bonchev–Trinajstić information content (AvgIpc) is 2.82. The van der Waals surface area contributed by atoms with Gasteiger partial charge in [-0.1, -0.05) is 13.8 Å². The van der Waals surface area contributed by atoms with E-state index >= 15 is 0 Å². The molecule has 0 bridgehead atoms. The van der Waals surface area contributed by atoms with Crippen molar-refractivity contribution in [3.63, 3.8) is 0 Å². The second-order valence-corrected chi connectivity index (χ2v) is 5.09. The minimum atomic E-state index is -0.510. The van der Waals surface area contributed by atoms with Gasteiger partial charge in [-0.05, 0) is 18.5 Å². The van der Waals surface area contributed by atoms with E-state index in [9.17, 15) is 4.79 Å². The van der Waals surface area contributed by atoms with Crippen LogP contribution < -0.4 is 25.3 Å². The molecular weight excluding hydrogens is 260 g/mol. The Balaban J connectivity index is 2.11. The van der Waals surface area contributed by atoms with Crippen LogP contribution in [-0.4, -0.2) is 25.9 Å². The molecule has 6 nitrogen and oxygen atoms in total. The first-order valence-electron chi connectivity index (χ1n) is 6.60. The first kappa shape index (κ1) is 14.5. The number of amides is 1. The number of hydrogen-bond donors (Lipinski definition) is 2. The van der Waals surface area contributed by atoms with Crippen molar-refractivity contribution in [2.45, 2.75) is 20.4 Å². The fourth-order valence-electron chi connectivity index (χ4n) is 1.88. The standard InChI is InChI=1S/C14H20N2O4/c1-9(2)5-16-6-10-3-12-13(20-8-19-12)4-11(10)18-7-14(15)17/h3-4,9,16H,5-8H2,1-2H3,(H2,15,17). The van der Waals surface area contributed by atoms with E-state index in [0.717, 1.165) is 12.1 Å². The number of carbonyl (C=O) groups excluding carboxylic acids is 1. The molecule has 0 radical (unpaired) electrons. The van der Waals surface area contributed by atoms with Gasteiger partial charge in [0.25, 0.3) is 5.91 Å². The number of benzene rings is 1. The predicted molar refractivity (Wildman–Crippen MR) is 73.8 cm³/mol. The minimum Gasteiger partial charge on any atom is -0.483 e. The van der Waals surface area contributed by atoms with E-state index in [0.29, 0.717) is 29.7 Å². The maximum Gasteiger partial charge on any atom is 0.255 e. The van der Waals surface area contributed by atoms with Crippen molar-refractivity contribution >= 4 is 5.91 Å². The Labute approximate surface area is 118 Å². The molecule has 20 heavy (non-hydrogen) atoms. The van der Waals surface area contributed by atoms with E-state index < -0.39 is 5.91 Å². The van der Waals surface area contributed by atoms with E-state index in [1.807, 2.05) is 6.07 Å². The van der Waals surface area contributed by atoms with E-state index in [1.54, 1.807) is 6.07 Å². The van der Waals surface area contributed by atoms with Crippen molar-refractivity contribution in [2.75, 3.05) is 19.9 Å². The van der Waals surface area contributed by atoms with E-state index in [-0.39, 0.29) is 13.4 Å². The second-order valence-electron chi connectivity index (χ2n) is 5.09. The Morgan fingerprint density at radius 2 is 2.10 bits per heavy atom. The predicted octanol–water partition coefficient (Wildman–Crippen LogP) is 1.03. The fraction of sp³-hybridized carbons (Fsp3) is 0.500. The fourth-order valence-corrected chi connectivity index (χ4v) is 1.88. The van der Waals surface area contributed by atoms with Crippen LogP contribution in [0.1, 0.15) is 19.4 Å². The molecule has 6 heteroatoms. The third-order valence-corrected chi connectivity index (χ3v) is 2.79. The Morgan fingerprint density at radius 3 is 2.75 bits per heavy atom. The lowest BCUT2D eigenvalue weighted by Gasteiger charge is -2.13. The Kier molecular flexibility index (Phi) is 4.68. The lowest BCUT2D eigenvalue weighted by molar-refractivity contribution is -0.119. The molecule has 1 amide bonds. The van der Waals surface area contributed by atoms with Gasteiger partial charge in [0, 0.05) is 18.2 Å². The summed E-state index contributed by atoms with van der Waals surface area (Å²) in [6.07, 6.45) is 0. The normalized spacial score (nSPS) is 12.8. The molecule has 1 heterocycles. The summed E-state index contributed by atoms with van der Waals surface area (Å²) in [5.41, 5.74) is 6.02. The SMILES string of the molecule is CC(C)CNCc1cc2c(cc1OCC(N)=O)OCO2. The molecule has 1 aromatic rings.